The minimum absolute atomic E-state index is 0.159. The molecule has 18 heavy (non-hydrogen) atoms. The van der Waals surface area contributed by atoms with E-state index in [0.29, 0.717) is 10.9 Å². The molecule has 0 bridgehead atoms. The molecule has 1 N–H and O–H groups in total. The van der Waals surface area contributed by atoms with E-state index in [1.807, 2.05) is 6.07 Å². The second-order valence-corrected chi connectivity index (χ2v) is 4.72. The van der Waals surface area contributed by atoms with Crippen molar-refractivity contribution in [2.24, 2.45) is 5.92 Å². The van der Waals surface area contributed by atoms with Crippen LogP contribution in [0.5, 0.6) is 0 Å². The first-order chi connectivity index (χ1) is 8.65. The number of nitrogens with zero attached hydrogens (tertiary/aromatic N) is 2. The smallest absolute Gasteiger partial charge is 0.253 e. The van der Waals surface area contributed by atoms with Crippen LogP contribution in [0.25, 0.3) is 0 Å². The van der Waals surface area contributed by atoms with Crippen molar-refractivity contribution in [2.45, 2.75) is 19.3 Å². The van der Waals surface area contributed by atoms with Crippen LogP contribution in [0.4, 0.5) is 0 Å². The second kappa shape index (κ2) is 5.82. The van der Waals surface area contributed by atoms with Crippen LogP contribution in [0.3, 0.4) is 0 Å². The highest BCUT2D eigenvalue weighted by atomic mass is 35.5. The van der Waals surface area contributed by atoms with E-state index in [1.165, 1.54) is 0 Å². The summed E-state index contributed by atoms with van der Waals surface area (Å²) in [4.78, 5) is 14.2. The molecule has 0 amide bonds. The zero-order chi connectivity index (χ0) is 13.0. The Balaban J connectivity index is 2.10. The van der Waals surface area contributed by atoms with E-state index in [2.05, 4.69) is 10.3 Å². The van der Waals surface area contributed by atoms with Crippen LogP contribution in [0, 0.1) is 16.0 Å². The highest BCUT2D eigenvalue weighted by Gasteiger charge is 2.21. The number of aromatic nitrogens is 1. The molecule has 2 heterocycles. The first-order valence-corrected chi connectivity index (χ1v) is 6.22. The molecule has 0 saturated carbocycles. The highest BCUT2D eigenvalue weighted by Crippen LogP contribution is 2.24. The number of hydrogen-bond acceptors (Lipinski definition) is 4. The molecule has 0 aromatic carbocycles. The number of hydrogen-bond donors (Lipinski definition) is 1. The van der Waals surface area contributed by atoms with Crippen molar-refractivity contribution in [3.05, 3.63) is 51.1 Å². The van der Waals surface area contributed by atoms with Gasteiger partial charge >= 0.3 is 0 Å². The maximum absolute atomic E-state index is 10.6. The van der Waals surface area contributed by atoms with Crippen molar-refractivity contribution in [2.75, 3.05) is 6.54 Å². The quantitative estimate of drug-likeness (QED) is 0.519. The van der Waals surface area contributed by atoms with E-state index in [4.69, 9.17) is 11.6 Å². The predicted octanol–water partition coefficient (Wildman–Crippen LogP) is 2.40. The fourth-order valence-electron chi connectivity index (χ4n) is 2.17. The topological polar surface area (TPSA) is 68.1 Å². The van der Waals surface area contributed by atoms with E-state index < -0.39 is 4.92 Å². The Morgan fingerprint density at radius 1 is 1.61 bits per heavy atom. The lowest BCUT2D eigenvalue weighted by atomic mass is 9.90. The monoisotopic (exact) mass is 267 g/mol. The van der Waals surface area contributed by atoms with E-state index in [0.717, 1.165) is 37.6 Å². The molecule has 1 aromatic heterocycles. The standard InChI is InChI=1S/C12H14ClN3O2/c13-12-4-3-9(7-15-12)6-10-2-1-5-14-11(10)8-16(17)18/h3-4,7-8,10,14H,1-2,5-6H2/b11-8-. The van der Waals surface area contributed by atoms with Crippen molar-refractivity contribution >= 4 is 11.6 Å². The molecule has 1 unspecified atom stereocenters. The summed E-state index contributed by atoms with van der Waals surface area (Å²) >= 11 is 5.73. The van der Waals surface area contributed by atoms with Gasteiger partial charge < -0.3 is 5.32 Å². The summed E-state index contributed by atoms with van der Waals surface area (Å²) in [5.74, 6) is 0.159. The molecule has 0 radical (unpaired) electrons. The van der Waals surface area contributed by atoms with Crippen LogP contribution in [-0.2, 0) is 6.42 Å². The summed E-state index contributed by atoms with van der Waals surface area (Å²) in [7, 11) is 0. The lowest BCUT2D eigenvalue weighted by Gasteiger charge is -2.25. The minimum atomic E-state index is -0.402. The van der Waals surface area contributed by atoms with Gasteiger partial charge in [-0.2, -0.15) is 0 Å². The normalized spacial score (nSPS) is 21.6. The van der Waals surface area contributed by atoms with Gasteiger partial charge in [0.05, 0.1) is 10.6 Å². The first-order valence-electron chi connectivity index (χ1n) is 5.84. The van der Waals surface area contributed by atoms with E-state index in [9.17, 15) is 10.1 Å². The molecule has 1 aromatic rings. The Morgan fingerprint density at radius 3 is 3.11 bits per heavy atom. The average molecular weight is 268 g/mol. The molecular formula is C12H14ClN3O2. The van der Waals surface area contributed by atoms with E-state index in [1.54, 1.807) is 12.3 Å². The maximum Gasteiger partial charge on any atom is 0.253 e. The average Bonchev–Trinajstić information content (AvgIpc) is 2.34. The molecule has 6 heteroatoms. The van der Waals surface area contributed by atoms with Gasteiger partial charge in [-0.3, -0.25) is 10.1 Å². The third-order valence-corrected chi connectivity index (χ3v) is 3.24. The van der Waals surface area contributed by atoms with Gasteiger partial charge in [0.15, 0.2) is 0 Å². The van der Waals surface area contributed by atoms with E-state index >= 15 is 0 Å². The number of nitrogens with one attached hydrogen (secondary N) is 1. The minimum Gasteiger partial charge on any atom is -0.383 e. The molecule has 2 rings (SSSR count). The third-order valence-electron chi connectivity index (χ3n) is 3.01. The summed E-state index contributed by atoms with van der Waals surface area (Å²) < 4.78 is 0. The van der Waals surface area contributed by atoms with Gasteiger partial charge in [-0.05, 0) is 30.9 Å². The van der Waals surface area contributed by atoms with Gasteiger partial charge in [0, 0.05) is 18.7 Å². The summed E-state index contributed by atoms with van der Waals surface area (Å²) in [5, 5.41) is 14.1. The molecule has 1 atom stereocenters. The summed E-state index contributed by atoms with van der Waals surface area (Å²) in [6, 6.07) is 3.65. The van der Waals surface area contributed by atoms with Crippen molar-refractivity contribution in [1.29, 1.82) is 0 Å². The fraction of sp³-hybridized carbons (Fsp3) is 0.417. The Hall–Kier alpha value is -1.62. The van der Waals surface area contributed by atoms with Crippen molar-refractivity contribution in [1.82, 2.24) is 10.3 Å². The Bertz CT molecular complexity index is 459. The fourth-order valence-corrected chi connectivity index (χ4v) is 2.28. The number of halogens is 1. The zero-order valence-corrected chi connectivity index (χ0v) is 10.6. The third kappa shape index (κ3) is 3.43. The molecule has 1 fully saturated rings. The van der Waals surface area contributed by atoms with Crippen LogP contribution in [-0.4, -0.2) is 16.5 Å². The van der Waals surface area contributed by atoms with Crippen LogP contribution >= 0.6 is 11.6 Å². The second-order valence-electron chi connectivity index (χ2n) is 4.33. The highest BCUT2D eigenvalue weighted by molar-refractivity contribution is 6.29. The number of piperidine rings is 1. The summed E-state index contributed by atoms with van der Waals surface area (Å²) in [5.41, 5.74) is 1.75. The number of allylic oxidation sites excluding steroid dienone is 1. The Morgan fingerprint density at radius 2 is 2.44 bits per heavy atom. The Labute approximate surface area is 110 Å². The lowest BCUT2D eigenvalue weighted by molar-refractivity contribution is -0.404. The Kier molecular flexibility index (Phi) is 4.15. The van der Waals surface area contributed by atoms with Crippen LogP contribution in [0.2, 0.25) is 5.15 Å². The number of nitro groups is 1. The van der Waals surface area contributed by atoms with Crippen molar-refractivity contribution in [3.63, 3.8) is 0 Å². The SMILES string of the molecule is O=[N+]([O-])/C=C1\NCCCC1Cc1ccc(Cl)nc1. The largest absolute Gasteiger partial charge is 0.383 e. The van der Waals surface area contributed by atoms with E-state index in [-0.39, 0.29) is 5.92 Å². The molecule has 96 valence electrons. The molecular weight excluding hydrogens is 254 g/mol. The summed E-state index contributed by atoms with van der Waals surface area (Å²) in [6.07, 6.45) is 5.53. The summed E-state index contributed by atoms with van der Waals surface area (Å²) in [6.45, 7) is 0.801. The molecule has 1 aliphatic heterocycles. The van der Waals surface area contributed by atoms with Crippen molar-refractivity contribution < 1.29 is 4.92 Å². The predicted molar refractivity (Wildman–Crippen MR) is 68.8 cm³/mol. The maximum atomic E-state index is 10.6. The molecule has 1 saturated heterocycles. The van der Waals surface area contributed by atoms with Gasteiger partial charge in [-0.1, -0.05) is 17.7 Å². The number of rotatable bonds is 3. The lowest BCUT2D eigenvalue weighted by Crippen LogP contribution is -2.29. The number of pyridine rings is 1. The van der Waals surface area contributed by atoms with Crippen LogP contribution < -0.4 is 5.32 Å². The molecule has 1 aliphatic rings. The zero-order valence-electron chi connectivity index (χ0n) is 9.80. The van der Waals surface area contributed by atoms with Gasteiger partial charge in [-0.25, -0.2) is 4.98 Å². The molecule has 0 spiro atoms. The van der Waals surface area contributed by atoms with Gasteiger partial charge in [0.1, 0.15) is 5.15 Å². The van der Waals surface area contributed by atoms with Crippen molar-refractivity contribution in [3.8, 4) is 0 Å². The van der Waals surface area contributed by atoms with Gasteiger partial charge in [0.2, 0.25) is 0 Å². The van der Waals surface area contributed by atoms with Crippen LogP contribution in [0.15, 0.2) is 30.2 Å². The van der Waals surface area contributed by atoms with Crippen LogP contribution in [0.1, 0.15) is 18.4 Å². The molecule has 0 aliphatic carbocycles. The van der Waals surface area contributed by atoms with Gasteiger partial charge in [-0.15, -0.1) is 0 Å². The van der Waals surface area contributed by atoms with Gasteiger partial charge in [0.25, 0.3) is 6.20 Å². The first kappa shape index (κ1) is 12.8. The molecule has 5 nitrogen and oxygen atoms in total.